The average molecular weight is 626 g/mol. The van der Waals surface area contributed by atoms with Crippen molar-refractivity contribution in [2.75, 3.05) is 32.7 Å². The normalized spacial score (nSPS) is 14.7. The van der Waals surface area contributed by atoms with E-state index in [0.717, 1.165) is 0 Å². The highest BCUT2D eigenvalue weighted by Crippen LogP contribution is 2.26. The van der Waals surface area contributed by atoms with Crippen molar-refractivity contribution in [1.29, 1.82) is 0 Å². The number of carbonyl (C=O) groups is 8. The first-order valence-electron chi connectivity index (χ1n) is 15.3. The van der Waals surface area contributed by atoms with Crippen molar-refractivity contribution in [2.24, 2.45) is 17.6 Å². The predicted molar refractivity (Wildman–Crippen MR) is 163 cm³/mol. The van der Waals surface area contributed by atoms with Gasteiger partial charge in [0.2, 0.25) is 35.4 Å². The number of hydrogen-bond acceptors (Lipinski definition) is 8. The fourth-order valence-electron chi connectivity index (χ4n) is 4.03. The molecular weight excluding hydrogens is 574 g/mol. The van der Waals surface area contributed by atoms with Crippen LogP contribution in [0.3, 0.4) is 0 Å². The third-order valence-corrected chi connectivity index (χ3v) is 6.48. The van der Waals surface area contributed by atoms with Crippen LogP contribution in [0, 0.1) is 11.8 Å². The lowest BCUT2D eigenvalue weighted by Crippen LogP contribution is -2.51. The molecular formula is C29H51N7O8. The van der Waals surface area contributed by atoms with Crippen LogP contribution in [0.1, 0.15) is 86.0 Å². The Balaban J connectivity index is 0.00000590. The summed E-state index contributed by atoms with van der Waals surface area (Å²) in [5, 5.41) is 12.2. The van der Waals surface area contributed by atoms with Crippen LogP contribution in [-0.4, -0.2) is 90.9 Å². The van der Waals surface area contributed by atoms with Crippen LogP contribution >= 0.6 is 0 Å². The summed E-state index contributed by atoms with van der Waals surface area (Å²) in [6, 6.07) is -1.81. The standard InChI is InChI=1S/C26H43N7O8.C3H8/c1-4-17(34)9-11-28-21(36)14-31-24(39)19(7-5-10-29-26(27)41)32-22(37)15-30-20(35)8-6-12-33-23(38)13-18(16(2)3)25(33)40;1-3-2/h16,18-19H,4-15H2,1-3H3,(H,28,36)(H,30,35)(H,31,39)(H,32,37)(H3,27,29,41);3H2,1-2H3. The van der Waals surface area contributed by atoms with Crippen LogP contribution < -0.4 is 32.3 Å². The maximum atomic E-state index is 12.6. The first kappa shape index (κ1) is 40.0. The van der Waals surface area contributed by atoms with Crippen molar-refractivity contribution < 1.29 is 38.4 Å². The van der Waals surface area contributed by atoms with Crippen LogP contribution in [0.5, 0.6) is 0 Å². The molecule has 1 heterocycles. The number of hydrogen-bond donors (Lipinski definition) is 6. The molecule has 15 heteroatoms. The van der Waals surface area contributed by atoms with Gasteiger partial charge in [-0.15, -0.1) is 0 Å². The van der Waals surface area contributed by atoms with Crippen molar-refractivity contribution in [3.8, 4) is 0 Å². The van der Waals surface area contributed by atoms with Crippen molar-refractivity contribution in [3.63, 3.8) is 0 Å². The Morgan fingerprint density at radius 2 is 1.48 bits per heavy atom. The first-order chi connectivity index (χ1) is 20.8. The average Bonchev–Trinajstić information content (AvgIpc) is 3.25. The lowest BCUT2D eigenvalue weighted by atomic mass is 9.94. The zero-order valence-electron chi connectivity index (χ0n) is 26.7. The molecule has 1 aliphatic rings. The number of ketones is 1. The maximum Gasteiger partial charge on any atom is 0.312 e. The van der Waals surface area contributed by atoms with Gasteiger partial charge in [-0.2, -0.15) is 0 Å². The molecule has 0 radical (unpaired) electrons. The van der Waals surface area contributed by atoms with E-state index in [9.17, 15) is 38.4 Å². The summed E-state index contributed by atoms with van der Waals surface area (Å²) in [4.78, 5) is 97.1. The molecule has 1 fully saturated rings. The number of nitrogens with one attached hydrogen (secondary N) is 5. The quantitative estimate of drug-likeness (QED) is 0.0835. The molecule has 0 saturated carbocycles. The largest absolute Gasteiger partial charge is 0.354 e. The Bertz CT molecular complexity index is 1000. The van der Waals surface area contributed by atoms with Gasteiger partial charge in [0.1, 0.15) is 11.8 Å². The molecule has 0 aromatic rings. The Morgan fingerprint density at radius 1 is 0.841 bits per heavy atom. The zero-order chi connectivity index (χ0) is 33.7. The van der Waals surface area contributed by atoms with E-state index < -0.39 is 42.2 Å². The number of Topliss-reactive ketones (excluding diaryl/α,β-unsaturated/α-hetero) is 1. The van der Waals surface area contributed by atoms with Gasteiger partial charge in [0.05, 0.1) is 13.1 Å². The number of carbonyl (C=O) groups excluding carboxylic acids is 8. The molecule has 7 N–H and O–H groups in total. The molecule has 15 nitrogen and oxygen atoms in total. The van der Waals surface area contributed by atoms with E-state index in [4.69, 9.17) is 5.73 Å². The Hall–Kier alpha value is -4.04. The molecule has 0 aromatic heterocycles. The molecule has 2 unspecified atom stereocenters. The van der Waals surface area contributed by atoms with Crippen LogP contribution in [0.15, 0.2) is 0 Å². The monoisotopic (exact) mass is 625 g/mol. The maximum absolute atomic E-state index is 12.6. The van der Waals surface area contributed by atoms with Gasteiger partial charge < -0.3 is 32.3 Å². The first-order valence-corrected chi connectivity index (χ1v) is 15.3. The highest BCUT2D eigenvalue weighted by atomic mass is 16.2. The minimum atomic E-state index is -1.07. The molecule has 0 aromatic carbocycles. The number of urea groups is 1. The molecule has 44 heavy (non-hydrogen) atoms. The van der Waals surface area contributed by atoms with Crippen LogP contribution in [0.2, 0.25) is 0 Å². The second-order valence-electron chi connectivity index (χ2n) is 10.8. The highest BCUT2D eigenvalue weighted by Gasteiger charge is 2.39. The summed E-state index contributed by atoms with van der Waals surface area (Å²) in [6.07, 6.45) is 2.57. The van der Waals surface area contributed by atoms with Crippen molar-refractivity contribution in [3.05, 3.63) is 0 Å². The lowest BCUT2D eigenvalue weighted by molar-refractivity contribution is -0.140. The third-order valence-electron chi connectivity index (χ3n) is 6.48. The number of nitrogens with two attached hydrogens (primary N) is 1. The molecule has 1 aliphatic heterocycles. The lowest BCUT2D eigenvalue weighted by Gasteiger charge is -2.19. The van der Waals surface area contributed by atoms with Gasteiger partial charge in [-0.25, -0.2) is 4.79 Å². The van der Waals surface area contributed by atoms with Crippen LogP contribution in [0.25, 0.3) is 0 Å². The summed E-state index contributed by atoms with van der Waals surface area (Å²) in [5.74, 6) is -3.08. The minimum absolute atomic E-state index is 0.00894. The van der Waals surface area contributed by atoms with E-state index in [1.807, 2.05) is 13.8 Å². The summed E-state index contributed by atoms with van der Waals surface area (Å²) in [7, 11) is 0. The van der Waals surface area contributed by atoms with Gasteiger partial charge in [0.25, 0.3) is 0 Å². The molecule has 1 rings (SSSR count). The van der Waals surface area contributed by atoms with Gasteiger partial charge in [-0.05, 0) is 25.2 Å². The Labute approximate surface area is 259 Å². The fraction of sp³-hybridized carbons (Fsp3) is 0.724. The van der Waals surface area contributed by atoms with E-state index in [1.54, 1.807) is 6.92 Å². The van der Waals surface area contributed by atoms with E-state index in [0.29, 0.717) is 6.42 Å². The predicted octanol–water partition coefficient (Wildman–Crippen LogP) is -0.135. The topological polar surface area (TPSA) is 226 Å². The molecule has 0 spiro atoms. The van der Waals surface area contributed by atoms with E-state index >= 15 is 0 Å². The summed E-state index contributed by atoms with van der Waals surface area (Å²) in [5.41, 5.74) is 5.03. The number of imide groups is 1. The number of likely N-dealkylation sites (tertiary alicyclic amines) is 1. The number of nitrogens with zero attached hydrogens (tertiary/aromatic N) is 1. The summed E-state index contributed by atoms with van der Waals surface area (Å²) in [6.45, 7) is 9.33. The minimum Gasteiger partial charge on any atom is -0.354 e. The number of rotatable bonds is 19. The second kappa shape index (κ2) is 22.5. The van der Waals surface area contributed by atoms with Gasteiger partial charge in [-0.3, -0.25) is 38.5 Å². The van der Waals surface area contributed by atoms with Gasteiger partial charge in [0.15, 0.2) is 0 Å². The molecule has 250 valence electrons. The fourth-order valence-corrected chi connectivity index (χ4v) is 4.03. The van der Waals surface area contributed by atoms with E-state index in [2.05, 4.69) is 40.4 Å². The summed E-state index contributed by atoms with van der Waals surface area (Å²) < 4.78 is 0. The molecule has 8 amide bonds. The van der Waals surface area contributed by atoms with Crippen molar-refractivity contribution in [2.45, 2.75) is 92.0 Å². The third kappa shape index (κ3) is 17.2. The van der Waals surface area contributed by atoms with E-state index in [1.165, 1.54) is 11.3 Å². The Morgan fingerprint density at radius 3 is 2.05 bits per heavy atom. The van der Waals surface area contributed by atoms with E-state index in [-0.39, 0.29) is 94.1 Å². The second-order valence-corrected chi connectivity index (χ2v) is 10.8. The highest BCUT2D eigenvalue weighted by molar-refractivity contribution is 6.03. The number of amides is 8. The zero-order valence-corrected chi connectivity index (χ0v) is 26.7. The molecule has 0 aliphatic carbocycles. The molecule has 0 bridgehead atoms. The molecule has 1 saturated heterocycles. The molecule has 2 atom stereocenters. The Kier molecular flexibility index (Phi) is 20.4. The van der Waals surface area contributed by atoms with Crippen LogP contribution in [0.4, 0.5) is 4.79 Å². The van der Waals surface area contributed by atoms with Crippen LogP contribution in [-0.2, 0) is 33.6 Å². The van der Waals surface area contributed by atoms with Gasteiger partial charge >= 0.3 is 6.03 Å². The summed E-state index contributed by atoms with van der Waals surface area (Å²) >= 11 is 0. The SMILES string of the molecule is CCC.CCC(=O)CCNC(=O)CNC(=O)C(CCCNC(N)=O)NC(=O)CNC(=O)CCCN1C(=O)CC(C(C)C)C1=O. The van der Waals surface area contributed by atoms with Gasteiger partial charge in [0, 0.05) is 51.2 Å². The van der Waals surface area contributed by atoms with Crippen molar-refractivity contribution >= 4 is 47.3 Å². The number of primary amides is 1. The van der Waals surface area contributed by atoms with Crippen molar-refractivity contribution in [1.82, 2.24) is 31.5 Å². The van der Waals surface area contributed by atoms with Gasteiger partial charge in [-0.1, -0.05) is 41.0 Å². The smallest absolute Gasteiger partial charge is 0.312 e.